The zero-order valence-electron chi connectivity index (χ0n) is 17.8. The van der Waals surface area contributed by atoms with Gasteiger partial charge in [-0.2, -0.15) is 0 Å². The quantitative estimate of drug-likeness (QED) is 0.716. The molecule has 1 heterocycles. The van der Waals surface area contributed by atoms with Crippen molar-refractivity contribution < 1.29 is 23.9 Å². The average Bonchev–Trinajstić information content (AvgIpc) is 2.69. The zero-order chi connectivity index (χ0) is 20.8. The SMILES string of the molecule is CCOc1cc2c(cc1OCC)C[NH+](CC(=O)Nc1cc(C)ccc1OC)CC2. The summed E-state index contributed by atoms with van der Waals surface area (Å²) >= 11 is 0. The first kappa shape index (κ1) is 21.0. The van der Waals surface area contributed by atoms with Gasteiger partial charge in [0.15, 0.2) is 18.0 Å². The molecule has 0 aliphatic carbocycles. The van der Waals surface area contributed by atoms with Crippen LogP contribution in [-0.2, 0) is 17.8 Å². The van der Waals surface area contributed by atoms with Crippen LogP contribution in [0.2, 0.25) is 0 Å². The molecule has 6 heteroatoms. The van der Waals surface area contributed by atoms with E-state index in [-0.39, 0.29) is 5.91 Å². The van der Waals surface area contributed by atoms with Gasteiger partial charge in [0.2, 0.25) is 0 Å². The van der Waals surface area contributed by atoms with Gasteiger partial charge in [0.25, 0.3) is 5.91 Å². The number of aryl methyl sites for hydroxylation is 1. The van der Waals surface area contributed by atoms with Crippen LogP contribution in [0.4, 0.5) is 5.69 Å². The predicted octanol–water partition coefficient (Wildman–Crippen LogP) is 2.38. The Labute approximate surface area is 172 Å². The van der Waals surface area contributed by atoms with Crippen LogP contribution >= 0.6 is 0 Å². The van der Waals surface area contributed by atoms with Crippen molar-refractivity contribution in [3.05, 3.63) is 47.0 Å². The van der Waals surface area contributed by atoms with E-state index in [9.17, 15) is 4.79 Å². The highest BCUT2D eigenvalue weighted by molar-refractivity contribution is 5.93. The molecule has 1 amide bonds. The van der Waals surface area contributed by atoms with Crippen LogP contribution in [0.1, 0.15) is 30.5 Å². The molecule has 29 heavy (non-hydrogen) atoms. The summed E-state index contributed by atoms with van der Waals surface area (Å²) in [6.45, 7) is 9.25. The smallest absolute Gasteiger partial charge is 0.279 e. The molecule has 2 aromatic carbocycles. The maximum atomic E-state index is 12.6. The van der Waals surface area contributed by atoms with Gasteiger partial charge in [-0.05, 0) is 56.2 Å². The fraction of sp³-hybridized carbons (Fsp3) is 0.435. The number of hydrogen-bond acceptors (Lipinski definition) is 4. The van der Waals surface area contributed by atoms with Gasteiger partial charge in [0, 0.05) is 12.0 Å². The van der Waals surface area contributed by atoms with E-state index in [4.69, 9.17) is 14.2 Å². The molecule has 2 aromatic rings. The summed E-state index contributed by atoms with van der Waals surface area (Å²) in [5.41, 5.74) is 4.30. The lowest BCUT2D eigenvalue weighted by Gasteiger charge is -2.26. The molecule has 0 aromatic heterocycles. The van der Waals surface area contributed by atoms with Crippen LogP contribution in [0.3, 0.4) is 0 Å². The summed E-state index contributed by atoms with van der Waals surface area (Å²) < 4.78 is 16.9. The third-order valence-corrected chi connectivity index (χ3v) is 5.09. The van der Waals surface area contributed by atoms with Crippen LogP contribution in [0, 0.1) is 6.92 Å². The van der Waals surface area contributed by atoms with Crippen molar-refractivity contribution in [3.8, 4) is 17.2 Å². The minimum absolute atomic E-state index is 0.0108. The molecule has 0 saturated heterocycles. The summed E-state index contributed by atoms with van der Waals surface area (Å²) in [4.78, 5) is 13.9. The number of rotatable bonds is 8. The number of nitrogens with one attached hydrogen (secondary N) is 2. The number of methoxy groups -OCH3 is 1. The van der Waals surface area contributed by atoms with E-state index in [1.165, 1.54) is 16.0 Å². The molecule has 0 fully saturated rings. The lowest BCUT2D eigenvalue weighted by Crippen LogP contribution is -3.12. The Bertz CT molecular complexity index is 866. The maximum Gasteiger partial charge on any atom is 0.279 e. The van der Waals surface area contributed by atoms with Crippen molar-refractivity contribution in [3.63, 3.8) is 0 Å². The minimum atomic E-state index is -0.0108. The molecule has 156 valence electrons. The lowest BCUT2D eigenvalue weighted by atomic mass is 9.98. The van der Waals surface area contributed by atoms with Crippen LogP contribution in [0.15, 0.2) is 30.3 Å². The fourth-order valence-corrected chi connectivity index (χ4v) is 3.74. The van der Waals surface area contributed by atoms with Gasteiger partial charge in [-0.1, -0.05) is 6.07 Å². The highest BCUT2D eigenvalue weighted by Crippen LogP contribution is 2.32. The molecule has 1 aliphatic rings. The number of carbonyl (C=O) groups excluding carboxylic acids is 1. The second kappa shape index (κ2) is 9.65. The molecule has 0 spiro atoms. The Kier molecular flexibility index (Phi) is 6.99. The fourth-order valence-electron chi connectivity index (χ4n) is 3.74. The van der Waals surface area contributed by atoms with Crippen LogP contribution in [0.25, 0.3) is 0 Å². The second-order valence-corrected chi connectivity index (χ2v) is 7.29. The maximum absolute atomic E-state index is 12.6. The normalized spacial score (nSPS) is 15.4. The van der Waals surface area contributed by atoms with Crippen molar-refractivity contribution >= 4 is 11.6 Å². The number of carbonyl (C=O) groups is 1. The molecule has 1 unspecified atom stereocenters. The number of quaternary nitrogens is 1. The molecule has 0 bridgehead atoms. The molecule has 0 saturated carbocycles. The van der Waals surface area contributed by atoms with Gasteiger partial charge < -0.3 is 24.4 Å². The average molecular weight is 400 g/mol. The van der Waals surface area contributed by atoms with E-state index in [0.29, 0.717) is 31.2 Å². The van der Waals surface area contributed by atoms with E-state index >= 15 is 0 Å². The van der Waals surface area contributed by atoms with Gasteiger partial charge in [0.05, 0.1) is 32.6 Å². The summed E-state index contributed by atoms with van der Waals surface area (Å²) in [6, 6.07) is 9.94. The first-order valence-electron chi connectivity index (χ1n) is 10.2. The number of amides is 1. The summed E-state index contributed by atoms with van der Waals surface area (Å²) in [5, 5.41) is 3.00. The van der Waals surface area contributed by atoms with Gasteiger partial charge in [0.1, 0.15) is 12.3 Å². The third kappa shape index (κ3) is 5.21. The largest absolute Gasteiger partial charge is 0.495 e. The standard InChI is InChI=1S/C23H30N2O4/c1-5-28-21-12-17-9-10-25(14-18(17)13-22(21)29-6-2)15-23(26)24-19-11-16(3)7-8-20(19)27-4/h7-8,11-13H,5-6,9-10,14-15H2,1-4H3,(H,24,26)/p+1. The first-order valence-corrected chi connectivity index (χ1v) is 10.2. The number of ether oxygens (including phenoxy) is 3. The molecule has 6 nitrogen and oxygen atoms in total. The predicted molar refractivity (Wildman–Crippen MR) is 113 cm³/mol. The topological polar surface area (TPSA) is 61.2 Å². The Balaban J connectivity index is 1.68. The molecule has 1 atom stereocenters. The van der Waals surface area contributed by atoms with Gasteiger partial charge in [-0.25, -0.2) is 0 Å². The Hall–Kier alpha value is -2.73. The number of benzene rings is 2. The summed E-state index contributed by atoms with van der Waals surface area (Å²) in [6.07, 6.45) is 0.915. The van der Waals surface area contributed by atoms with Crippen molar-refractivity contribution in [2.75, 3.05) is 38.7 Å². The van der Waals surface area contributed by atoms with E-state index in [0.717, 1.165) is 36.6 Å². The monoisotopic (exact) mass is 399 g/mol. The summed E-state index contributed by atoms with van der Waals surface area (Å²) in [7, 11) is 1.61. The van der Waals surface area contributed by atoms with Crippen molar-refractivity contribution in [1.82, 2.24) is 0 Å². The van der Waals surface area contributed by atoms with E-state index in [2.05, 4.69) is 17.4 Å². The minimum Gasteiger partial charge on any atom is -0.495 e. The Morgan fingerprint density at radius 1 is 1.03 bits per heavy atom. The molecular weight excluding hydrogens is 368 g/mol. The zero-order valence-corrected chi connectivity index (χ0v) is 17.8. The van der Waals surface area contributed by atoms with Crippen molar-refractivity contribution in [1.29, 1.82) is 0 Å². The van der Waals surface area contributed by atoms with Crippen molar-refractivity contribution in [2.45, 2.75) is 33.7 Å². The molecular formula is C23H31N2O4+. The van der Waals surface area contributed by atoms with Gasteiger partial charge >= 0.3 is 0 Å². The first-order chi connectivity index (χ1) is 14.0. The highest BCUT2D eigenvalue weighted by Gasteiger charge is 2.24. The number of anilines is 1. The lowest BCUT2D eigenvalue weighted by molar-refractivity contribution is -0.907. The van der Waals surface area contributed by atoms with Gasteiger partial charge in [-0.15, -0.1) is 0 Å². The van der Waals surface area contributed by atoms with Gasteiger partial charge in [-0.3, -0.25) is 4.79 Å². The molecule has 3 rings (SSSR count). The third-order valence-electron chi connectivity index (χ3n) is 5.09. The highest BCUT2D eigenvalue weighted by atomic mass is 16.5. The van der Waals surface area contributed by atoms with Crippen LogP contribution < -0.4 is 24.4 Å². The molecule has 0 radical (unpaired) electrons. The molecule has 2 N–H and O–H groups in total. The van der Waals surface area contributed by atoms with Crippen molar-refractivity contribution in [2.24, 2.45) is 0 Å². The summed E-state index contributed by atoms with van der Waals surface area (Å²) in [5.74, 6) is 2.25. The molecule has 1 aliphatic heterocycles. The Morgan fingerprint density at radius 3 is 2.38 bits per heavy atom. The van der Waals surface area contributed by atoms with E-state index < -0.39 is 0 Å². The van der Waals surface area contributed by atoms with Crippen LogP contribution in [-0.4, -0.2) is 39.3 Å². The van der Waals surface area contributed by atoms with Crippen LogP contribution in [0.5, 0.6) is 17.2 Å². The van der Waals surface area contributed by atoms with E-state index in [1.807, 2.05) is 39.0 Å². The Morgan fingerprint density at radius 2 is 1.72 bits per heavy atom. The second-order valence-electron chi connectivity index (χ2n) is 7.29. The van der Waals surface area contributed by atoms with E-state index in [1.54, 1.807) is 7.11 Å². The number of hydrogen-bond donors (Lipinski definition) is 2. The number of fused-ring (bicyclic) bond motifs is 1.